The molecule has 3 aromatic rings. The number of aromatic amines is 1. The number of hydrogen-bond donors (Lipinski definition) is 2. The Morgan fingerprint density at radius 1 is 1.25 bits per heavy atom. The zero-order valence-corrected chi connectivity index (χ0v) is 11.1. The lowest BCUT2D eigenvalue weighted by atomic mass is 10.0. The number of aromatic nitrogens is 4. The number of fused-ring (bicyclic) bond motifs is 1. The molecule has 0 spiro atoms. The number of nitrogens with zero attached hydrogens (tertiary/aromatic N) is 3. The van der Waals surface area contributed by atoms with E-state index < -0.39 is 0 Å². The first-order valence-corrected chi connectivity index (χ1v) is 6.39. The molecule has 0 aliphatic rings. The molecule has 1 aromatic carbocycles. The van der Waals surface area contributed by atoms with Gasteiger partial charge in [0.1, 0.15) is 5.82 Å². The highest BCUT2D eigenvalue weighted by atomic mass is 16.1. The van der Waals surface area contributed by atoms with E-state index in [4.69, 9.17) is 5.73 Å². The summed E-state index contributed by atoms with van der Waals surface area (Å²) >= 11 is 0. The minimum Gasteiger partial charge on any atom is -0.326 e. The molecule has 2 aromatic heterocycles. The van der Waals surface area contributed by atoms with E-state index in [2.05, 4.69) is 15.1 Å². The molecule has 0 saturated carbocycles. The van der Waals surface area contributed by atoms with E-state index in [1.807, 2.05) is 24.3 Å². The lowest BCUT2D eigenvalue weighted by Crippen LogP contribution is -2.14. The third-order valence-corrected chi connectivity index (χ3v) is 3.20. The number of nitrogens with one attached hydrogen (secondary N) is 1. The largest absolute Gasteiger partial charge is 0.326 e. The minimum atomic E-state index is -0.154. The molecule has 0 fully saturated rings. The van der Waals surface area contributed by atoms with Crippen LogP contribution in [0, 0.1) is 6.92 Å². The van der Waals surface area contributed by atoms with Crippen LogP contribution in [0.1, 0.15) is 22.6 Å². The monoisotopic (exact) mass is 269 g/mol. The normalized spacial score (nSPS) is 11.1. The van der Waals surface area contributed by atoms with Crippen LogP contribution < -0.4 is 11.3 Å². The van der Waals surface area contributed by atoms with Crippen molar-refractivity contribution in [3.8, 4) is 0 Å². The minimum absolute atomic E-state index is 0.154. The number of rotatable bonds is 3. The Labute approximate surface area is 115 Å². The highest BCUT2D eigenvalue weighted by molar-refractivity contribution is 5.32. The van der Waals surface area contributed by atoms with Gasteiger partial charge in [-0.25, -0.2) is 4.98 Å². The van der Waals surface area contributed by atoms with Gasteiger partial charge < -0.3 is 5.73 Å². The van der Waals surface area contributed by atoms with Gasteiger partial charge in [-0.15, -0.1) is 0 Å². The maximum Gasteiger partial charge on any atom is 0.274 e. The van der Waals surface area contributed by atoms with Gasteiger partial charge in [-0.2, -0.15) is 9.50 Å². The van der Waals surface area contributed by atoms with Crippen LogP contribution in [0.25, 0.3) is 5.78 Å². The highest BCUT2D eigenvalue weighted by Gasteiger charge is 2.08. The van der Waals surface area contributed by atoms with Crippen molar-refractivity contribution in [2.75, 3.05) is 0 Å². The average Bonchev–Trinajstić information content (AvgIpc) is 2.82. The van der Waals surface area contributed by atoms with Gasteiger partial charge in [-0.05, 0) is 18.1 Å². The maximum absolute atomic E-state index is 11.8. The van der Waals surface area contributed by atoms with Crippen molar-refractivity contribution in [1.29, 1.82) is 0 Å². The first-order valence-electron chi connectivity index (χ1n) is 6.39. The molecule has 3 N–H and O–H groups in total. The van der Waals surface area contributed by atoms with Crippen LogP contribution >= 0.6 is 0 Å². The molecule has 2 heterocycles. The average molecular weight is 269 g/mol. The van der Waals surface area contributed by atoms with E-state index in [9.17, 15) is 4.79 Å². The summed E-state index contributed by atoms with van der Waals surface area (Å²) in [6, 6.07) is 9.40. The van der Waals surface area contributed by atoms with Crippen molar-refractivity contribution in [3.05, 3.63) is 63.3 Å². The van der Waals surface area contributed by atoms with E-state index in [0.29, 0.717) is 30.3 Å². The van der Waals surface area contributed by atoms with Crippen LogP contribution in [0.5, 0.6) is 0 Å². The molecule has 0 unspecified atom stereocenters. The predicted molar refractivity (Wildman–Crippen MR) is 75.5 cm³/mol. The Morgan fingerprint density at radius 2 is 2.00 bits per heavy atom. The van der Waals surface area contributed by atoms with E-state index >= 15 is 0 Å². The second kappa shape index (κ2) is 4.90. The van der Waals surface area contributed by atoms with Crippen molar-refractivity contribution in [1.82, 2.24) is 19.6 Å². The van der Waals surface area contributed by atoms with E-state index in [1.165, 1.54) is 10.6 Å². The van der Waals surface area contributed by atoms with Crippen LogP contribution in [0.15, 0.2) is 35.1 Å². The van der Waals surface area contributed by atoms with Crippen LogP contribution in [0.2, 0.25) is 0 Å². The first-order chi connectivity index (χ1) is 9.67. The fourth-order valence-corrected chi connectivity index (χ4v) is 2.23. The first kappa shape index (κ1) is 12.6. The van der Waals surface area contributed by atoms with Crippen LogP contribution in [-0.2, 0) is 13.0 Å². The summed E-state index contributed by atoms with van der Waals surface area (Å²) < 4.78 is 1.35. The molecule has 6 heteroatoms. The third kappa shape index (κ3) is 2.21. The number of hydrogen-bond acceptors (Lipinski definition) is 4. The number of H-pyrrole nitrogens is 1. The Balaban J connectivity index is 2.03. The molecule has 0 saturated heterocycles. The van der Waals surface area contributed by atoms with Crippen molar-refractivity contribution in [3.63, 3.8) is 0 Å². The maximum atomic E-state index is 11.8. The van der Waals surface area contributed by atoms with E-state index in [1.54, 1.807) is 6.92 Å². The summed E-state index contributed by atoms with van der Waals surface area (Å²) in [7, 11) is 0. The molecule has 20 heavy (non-hydrogen) atoms. The molecule has 6 nitrogen and oxygen atoms in total. The zero-order valence-electron chi connectivity index (χ0n) is 11.1. The van der Waals surface area contributed by atoms with Crippen molar-refractivity contribution < 1.29 is 0 Å². The second-order valence-corrected chi connectivity index (χ2v) is 4.69. The zero-order chi connectivity index (χ0) is 14.1. The van der Waals surface area contributed by atoms with Crippen LogP contribution in [0.3, 0.4) is 0 Å². The van der Waals surface area contributed by atoms with E-state index in [0.717, 1.165) is 11.1 Å². The smallest absolute Gasteiger partial charge is 0.274 e. The van der Waals surface area contributed by atoms with Gasteiger partial charge in [0.25, 0.3) is 11.3 Å². The molecular weight excluding hydrogens is 254 g/mol. The fourth-order valence-electron chi connectivity index (χ4n) is 2.23. The number of nitrogens with two attached hydrogens (primary N) is 1. The third-order valence-electron chi connectivity index (χ3n) is 3.20. The van der Waals surface area contributed by atoms with Gasteiger partial charge in [0.2, 0.25) is 0 Å². The number of aryl methyl sites for hydroxylation is 1. The van der Waals surface area contributed by atoms with Crippen molar-refractivity contribution in [2.45, 2.75) is 19.9 Å². The molecule has 102 valence electrons. The molecule has 0 atom stereocenters. The number of benzene rings is 1. The van der Waals surface area contributed by atoms with Gasteiger partial charge >= 0.3 is 0 Å². The van der Waals surface area contributed by atoms with Crippen molar-refractivity contribution >= 4 is 5.78 Å². The summed E-state index contributed by atoms with van der Waals surface area (Å²) in [6.07, 6.45) is 0.592. The van der Waals surface area contributed by atoms with Gasteiger partial charge in [0.05, 0.1) is 0 Å². The quantitative estimate of drug-likeness (QED) is 0.735. The summed E-state index contributed by atoms with van der Waals surface area (Å²) in [5.74, 6) is 1.09. The molecule has 3 rings (SSSR count). The lowest BCUT2D eigenvalue weighted by Gasteiger charge is -2.04. The summed E-state index contributed by atoms with van der Waals surface area (Å²) in [5.41, 5.74) is 8.40. The topological polar surface area (TPSA) is 89.1 Å². The SMILES string of the molecule is Cc1cc(=O)n2[nH]c(Cc3ccccc3CN)nc2n1. The van der Waals surface area contributed by atoms with E-state index in [-0.39, 0.29) is 5.56 Å². The van der Waals surface area contributed by atoms with Crippen LogP contribution in [-0.4, -0.2) is 19.6 Å². The molecular formula is C14H15N5O. The summed E-state index contributed by atoms with van der Waals surface area (Å²) in [4.78, 5) is 20.4. The van der Waals surface area contributed by atoms with Crippen LogP contribution in [0.4, 0.5) is 0 Å². The molecule has 0 aliphatic heterocycles. The van der Waals surface area contributed by atoms with Gasteiger partial charge in [0.15, 0.2) is 0 Å². The Bertz CT molecular complexity index is 818. The Kier molecular flexibility index (Phi) is 3.08. The Morgan fingerprint density at radius 3 is 2.75 bits per heavy atom. The summed E-state index contributed by atoms with van der Waals surface area (Å²) in [6.45, 7) is 2.26. The van der Waals surface area contributed by atoms with Gasteiger partial charge in [0, 0.05) is 24.7 Å². The molecule has 0 bridgehead atoms. The van der Waals surface area contributed by atoms with Gasteiger partial charge in [-0.1, -0.05) is 24.3 Å². The fraction of sp³-hybridized carbons (Fsp3) is 0.214. The summed E-state index contributed by atoms with van der Waals surface area (Å²) in [5, 5.41) is 2.98. The highest BCUT2D eigenvalue weighted by Crippen LogP contribution is 2.12. The molecule has 0 amide bonds. The Hall–Kier alpha value is -2.47. The van der Waals surface area contributed by atoms with Gasteiger partial charge in [-0.3, -0.25) is 9.89 Å². The molecule has 0 aliphatic carbocycles. The molecule has 0 radical (unpaired) electrons. The lowest BCUT2D eigenvalue weighted by molar-refractivity contribution is 0.853. The van der Waals surface area contributed by atoms with Crippen molar-refractivity contribution in [2.24, 2.45) is 5.73 Å². The predicted octanol–water partition coefficient (Wildman–Crippen LogP) is 0.776. The standard InChI is InChI=1S/C14H15N5O/c1-9-6-13(20)19-14(16-9)17-12(18-19)7-10-4-2-3-5-11(10)8-15/h2-6H,7-8,15H2,1H3,(H,16,17,18). The second-order valence-electron chi connectivity index (χ2n) is 4.69.